The van der Waals surface area contributed by atoms with Crippen LogP contribution in [0.15, 0.2) is 0 Å². The second kappa shape index (κ2) is 15.2. The van der Waals surface area contributed by atoms with E-state index in [1.165, 1.54) is 57.8 Å². The standard InChI is InChI=1S/C12H26O3S/c1-2-3-4-5-6-7-8-9-10-11-12-14-16-15-13/h13H,2-12H2,1H3. The predicted octanol–water partition coefficient (Wildman–Crippen LogP) is 4.98. The highest BCUT2D eigenvalue weighted by Gasteiger charge is 1.93. The third-order valence-corrected chi connectivity index (χ3v) is 2.98. The number of hydrogen-bond acceptors (Lipinski definition) is 4. The molecule has 0 bridgehead atoms. The quantitative estimate of drug-likeness (QED) is 0.217. The SMILES string of the molecule is CCCCCCCCCCCCOSOO. The van der Waals surface area contributed by atoms with Crippen LogP contribution in [0.25, 0.3) is 0 Å². The molecule has 98 valence electrons. The van der Waals surface area contributed by atoms with Crippen molar-refractivity contribution in [2.75, 3.05) is 6.61 Å². The van der Waals surface area contributed by atoms with E-state index in [1.54, 1.807) is 0 Å². The van der Waals surface area contributed by atoms with E-state index in [1.807, 2.05) is 0 Å². The average Bonchev–Trinajstić information content (AvgIpc) is 2.31. The van der Waals surface area contributed by atoms with Gasteiger partial charge in [-0.3, -0.25) is 4.18 Å². The van der Waals surface area contributed by atoms with Crippen LogP contribution in [0.2, 0.25) is 0 Å². The van der Waals surface area contributed by atoms with Crippen molar-refractivity contribution in [3.8, 4) is 0 Å². The van der Waals surface area contributed by atoms with Crippen molar-refractivity contribution in [1.82, 2.24) is 0 Å². The van der Waals surface area contributed by atoms with Gasteiger partial charge in [-0.1, -0.05) is 64.7 Å². The van der Waals surface area contributed by atoms with Crippen molar-refractivity contribution in [3.05, 3.63) is 0 Å². The van der Waals surface area contributed by atoms with Gasteiger partial charge < -0.3 is 0 Å². The van der Waals surface area contributed by atoms with Crippen molar-refractivity contribution >= 4 is 12.3 Å². The number of hydrogen-bond donors (Lipinski definition) is 1. The minimum absolute atomic E-state index is 0.643. The highest BCUT2D eigenvalue weighted by molar-refractivity contribution is 7.89. The molecule has 0 aromatic heterocycles. The third kappa shape index (κ3) is 14.2. The largest absolute Gasteiger partial charge is 0.289 e. The van der Waals surface area contributed by atoms with Crippen molar-refractivity contribution in [2.24, 2.45) is 0 Å². The molecule has 0 radical (unpaired) electrons. The fourth-order valence-corrected chi connectivity index (χ4v) is 1.93. The Kier molecular flexibility index (Phi) is 15.4. The van der Waals surface area contributed by atoms with Gasteiger partial charge in [0.05, 0.1) is 6.61 Å². The van der Waals surface area contributed by atoms with Crippen molar-refractivity contribution < 1.29 is 13.8 Å². The molecule has 0 aromatic carbocycles. The van der Waals surface area contributed by atoms with Crippen LogP contribution < -0.4 is 0 Å². The smallest absolute Gasteiger partial charge is 0.194 e. The Morgan fingerprint density at radius 3 is 1.81 bits per heavy atom. The van der Waals surface area contributed by atoms with Gasteiger partial charge in [0.15, 0.2) is 12.3 Å². The molecule has 0 aliphatic rings. The molecule has 0 saturated carbocycles. The van der Waals surface area contributed by atoms with Gasteiger partial charge in [-0.15, -0.1) is 4.33 Å². The lowest BCUT2D eigenvalue weighted by Gasteiger charge is -2.02. The first kappa shape index (κ1) is 16.2. The lowest BCUT2D eigenvalue weighted by Crippen LogP contribution is -1.88. The van der Waals surface area contributed by atoms with Crippen LogP contribution in [-0.2, 0) is 8.52 Å². The molecule has 0 saturated heterocycles. The Bertz CT molecular complexity index is 109. The maximum absolute atomic E-state index is 7.97. The summed E-state index contributed by atoms with van der Waals surface area (Å²) < 4.78 is 8.63. The number of unbranched alkanes of at least 4 members (excludes halogenated alkanes) is 9. The molecule has 0 fully saturated rings. The molecule has 0 aliphatic carbocycles. The van der Waals surface area contributed by atoms with Gasteiger partial charge in [-0.25, -0.2) is 5.26 Å². The van der Waals surface area contributed by atoms with E-state index in [0.29, 0.717) is 18.9 Å². The molecule has 0 rings (SSSR count). The highest BCUT2D eigenvalue weighted by atomic mass is 32.2. The van der Waals surface area contributed by atoms with Crippen LogP contribution in [0.3, 0.4) is 0 Å². The van der Waals surface area contributed by atoms with Crippen LogP contribution in [0.4, 0.5) is 0 Å². The summed E-state index contributed by atoms with van der Waals surface area (Å²) in [6.07, 6.45) is 13.2. The molecule has 0 aliphatic heterocycles. The lowest BCUT2D eigenvalue weighted by molar-refractivity contribution is -0.124. The Hall–Kier alpha value is 0.230. The second-order valence-electron chi connectivity index (χ2n) is 4.15. The third-order valence-electron chi connectivity index (χ3n) is 2.66. The van der Waals surface area contributed by atoms with Gasteiger partial charge in [0.25, 0.3) is 0 Å². The summed E-state index contributed by atoms with van der Waals surface area (Å²) in [6.45, 7) is 2.91. The molecule has 4 heteroatoms. The lowest BCUT2D eigenvalue weighted by atomic mass is 10.1. The molecule has 3 nitrogen and oxygen atoms in total. The molecule has 0 amide bonds. The van der Waals surface area contributed by atoms with Gasteiger partial charge >= 0.3 is 0 Å². The first-order valence-electron chi connectivity index (χ1n) is 6.51. The van der Waals surface area contributed by atoms with Gasteiger partial charge in [-0.05, 0) is 6.42 Å². The fraction of sp³-hybridized carbons (Fsp3) is 1.00. The van der Waals surface area contributed by atoms with Crippen molar-refractivity contribution in [2.45, 2.75) is 71.1 Å². The van der Waals surface area contributed by atoms with E-state index >= 15 is 0 Å². The monoisotopic (exact) mass is 250 g/mol. The van der Waals surface area contributed by atoms with Gasteiger partial charge in [0.1, 0.15) is 0 Å². The molecular weight excluding hydrogens is 224 g/mol. The molecule has 16 heavy (non-hydrogen) atoms. The molecule has 0 atom stereocenters. The molecule has 0 heterocycles. The van der Waals surface area contributed by atoms with Gasteiger partial charge in [-0.2, -0.15) is 0 Å². The minimum Gasteiger partial charge on any atom is -0.289 e. The molecule has 0 aromatic rings. The van der Waals surface area contributed by atoms with Gasteiger partial charge in [0.2, 0.25) is 0 Å². The Morgan fingerprint density at radius 2 is 1.31 bits per heavy atom. The summed E-state index contributed by atoms with van der Waals surface area (Å²) >= 11 is 0.643. The zero-order chi connectivity index (χ0) is 11.9. The maximum atomic E-state index is 7.97. The molecule has 1 N–H and O–H groups in total. The van der Waals surface area contributed by atoms with Crippen LogP contribution in [0.1, 0.15) is 71.1 Å². The maximum Gasteiger partial charge on any atom is 0.194 e. The first-order chi connectivity index (χ1) is 7.91. The van der Waals surface area contributed by atoms with Crippen LogP contribution >= 0.6 is 12.3 Å². The molecule has 0 spiro atoms. The van der Waals surface area contributed by atoms with E-state index < -0.39 is 0 Å². The van der Waals surface area contributed by atoms with Crippen LogP contribution in [0.5, 0.6) is 0 Å². The minimum atomic E-state index is 0.643. The summed E-state index contributed by atoms with van der Waals surface area (Å²) in [7, 11) is 0. The zero-order valence-corrected chi connectivity index (χ0v) is 11.3. The summed E-state index contributed by atoms with van der Waals surface area (Å²) in [5, 5.41) is 7.97. The predicted molar refractivity (Wildman–Crippen MR) is 69.1 cm³/mol. The summed E-state index contributed by atoms with van der Waals surface area (Å²) in [5.74, 6) is 0. The Balaban J connectivity index is 2.83. The summed E-state index contributed by atoms with van der Waals surface area (Å²) in [4.78, 5) is 0. The van der Waals surface area contributed by atoms with E-state index in [4.69, 9.17) is 9.44 Å². The average molecular weight is 250 g/mol. The van der Waals surface area contributed by atoms with Crippen LogP contribution in [-0.4, -0.2) is 11.9 Å². The van der Waals surface area contributed by atoms with E-state index in [2.05, 4.69) is 11.3 Å². The summed E-state index contributed by atoms with van der Waals surface area (Å²) in [5.41, 5.74) is 0. The summed E-state index contributed by atoms with van der Waals surface area (Å²) in [6, 6.07) is 0. The van der Waals surface area contributed by atoms with Crippen molar-refractivity contribution in [3.63, 3.8) is 0 Å². The highest BCUT2D eigenvalue weighted by Crippen LogP contribution is 2.11. The van der Waals surface area contributed by atoms with Crippen molar-refractivity contribution in [1.29, 1.82) is 0 Å². The Labute approximate surface area is 104 Å². The molecule has 0 unspecified atom stereocenters. The van der Waals surface area contributed by atoms with E-state index in [-0.39, 0.29) is 0 Å². The van der Waals surface area contributed by atoms with E-state index in [9.17, 15) is 0 Å². The Morgan fingerprint density at radius 1 is 0.812 bits per heavy atom. The first-order valence-corrected chi connectivity index (χ1v) is 7.18. The fourth-order valence-electron chi connectivity index (χ4n) is 1.70. The second-order valence-corrected chi connectivity index (χ2v) is 4.67. The van der Waals surface area contributed by atoms with Gasteiger partial charge in [0, 0.05) is 0 Å². The van der Waals surface area contributed by atoms with Crippen LogP contribution in [0, 0.1) is 0 Å². The zero-order valence-electron chi connectivity index (χ0n) is 10.5. The molecular formula is C12H26O3S. The van der Waals surface area contributed by atoms with E-state index in [0.717, 1.165) is 6.42 Å². The number of rotatable bonds is 13. The topological polar surface area (TPSA) is 38.7 Å². The normalized spacial score (nSPS) is 10.9.